The first kappa shape index (κ1) is 13.6. The van der Waals surface area contributed by atoms with E-state index >= 15 is 0 Å². The van der Waals surface area contributed by atoms with Crippen LogP contribution in [0.25, 0.3) is 0 Å². The van der Waals surface area contributed by atoms with Crippen molar-refractivity contribution in [1.82, 2.24) is 4.90 Å². The Labute approximate surface area is 121 Å². The van der Waals surface area contributed by atoms with Gasteiger partial charge in [0.05, 0.1) is 6.61 Å². The van der Waals surface area contributed by atoms with E-state index in [0.717, 1.165) is 43.6 Å². The maximum atomic E-state index is 6.01. The van der Waals surface area contributed by atoms with Crippen LogP contribution in [0.3, 0.4) is 0 Å². The van der Waals surface area contributed by atoms with Gasteiger partial charge < -0.3 is 15.4 Å². The van der Waals surface area contributed by atoms with E-state index < -0.39 is 0 Å². The molecule has 110 valence electrons. The van der Waals surface area contributed by atoms with Gasteiger partial charge >= 0.3 is 0 Å². The monoisotopic (exact) mass is 275 g/mol. The molecular weight excluding hydrogens is 250 g/mol. The molecule has 4 heteroatoms. The fourth-order valence-corrected chi connectivity index (χ4v) is 2.88. The summed E-state index contributed by atoms with van der Waals surface area (Å²) in [7, 11) is 0. The number of hydrogen-bond donors (Lipinski definition) is 1. The van der Waals surface area contributed by atoms with Crippen LogP contribution in [-0.4, -0.2) is 43.7 Å². The van der Waals surface area contributed by atoms with Crippen LogP contribution in [0, 0.1) is 0 Å². The first-order valence-electron chi connectivity index (χ1n) is 7.78. The molecule has 0 aromatic heterocycles. The molecule has 1 heterocycles. The molecule has 1 aliphatic heterocycles. The number of benzene rings is 1. The van der Waals surface area contributed by atoms with E-state index in [2.05, 4.69) is 28.9 Å². The Morgan fingerprint density at radius 1 is 1.15 bits per heavy atom. The number of anilines is 2. The molecule has 2 N–H and O–H groups in total. The van der Waals surface area contributed by atoms with Gasteiger partial charge in [0.1, 0.15) is 5.75 Å². The van der Waals surface area contributed by atoms with Crippen LogP contribution >= 0.6 is 0 Å². The molecule has 1 saturated carbocycles. The third-order valence-electron chi connectivity index (χ3n) is 4.13. The zero-order valence-corrected chi connectivity index (χ0v) is 12.3. The minimum absolute atomic E-state index is 0.748. The SMILES string of the molecule is CCCOc1cc(N)cc(N2CCN(C3CC3)CC2)c1. The molecule has 0 bridgehead atoms. The van der Waals surface area contributed by atoms with Gasteiger partial charge in [0, 0.05) is 55.7 Å². The largest absolute Gasteiger partial charge is 0.493 e. The highest BCUT2D eigenvalue weighted by atomic mass is 16.5. The zero-order valence-electron chi connectivity index (χ0n) is 12.3. The molecule has 0 radical (unpaired) electrons. The first-order valence-corrected chi connectivity index (χ1v) is 7.78. The first-order chi connectivity index (χ1) is 9.76. The minimum Gasteiger partial charge on any atom is -0.493 e. The highest BCUT2D eigenvalue weighted by Gasteiger charge is 2.31. The van der Waals surface area contributed by atoms with Crippen molar-refractivity contribution in [3.05, 3.63) is 18.2 Å². The quantitative estimate of drug-likeness (QED) is 0.838. The minimum atomic E-state index is 0.748. The summed E-state index contributed by atoms with van der Waals surface area (Å²) in [5.74, 6) is 0.895. The number of hydrogen-bond acceptors (Lipinski definition) is 4. The summed E-state index contributed by atoms with van der Waals surface area (Å²) in [6.45, 7) is 7.39. The summed E-state index contributed by atoms with van der Waals surface area (Å²) in [4.78, 5) is 5.05. The van der Waals surface area contributed by atoms with Gasteiger partial charge in [-0.05, 0) is 25.3 Å². The van der Waals surface area contributed by atoms with Gasteiger partial charge in [-0.15, -0.1) is 0 Å². The van der Waals surface area contributed by atoms with Crippen LogP contribution in [-0.2, 0) is 0 Å². The van der Waals surface area contributed by atoms with Crippen molar-refractivity contribution < 1.29 is 4.74 Å². The van der Waals surface area contributed by atoms with Crippen LogP contribution in [0.15, 0.2) is 18.2 Å². The van der Waals surface area contributed by atoms with E-state index in [1.807, 2.05) is 6.07 Å². The van der Waals surface area contributed by atoms with Crippen LogP contribution in [0.5, 0.6) is 5.75 Å². The van der Waals surface area contributed by atoms with Gasteiger partial charge in [-0.1, -0.05) is 6.92 Å². The van der Waals surface area contributed by atoms with Crippen molar-refractivity contribution in [2.75, 3.05) is 43.4 Å². The summed E-state index contributed by atoms with van der Waals surface area (Å²) in [5.41, 5.74) is 8.00. The van der Waals surface area contributed by atoms with Crippen LogP contribution < -0.4 is 15.4 Å². The number of piperazine rings is 1. The van der Waals surface area contributed by atoms with Gasteiger partial charge in [0.15, 0.2) is 0 Å². The van der Waals surface area contributed by atoms with Gasteiger partial charge in [-0.2, -0.15) is 0 Å². The maximum Gasteiger partial charge on any atom is 0.123 e. The lowest BCUT2D eigenvalue weighted by molar-refractivity contribution is 0.248. The van der Waals surface area contributed by atoms with E-state index in [1.165, 1.54) is 31.6 Å². The predicted molar refractivity (Wildman–Crippen MR) is 83.4 cm³/mol. The van der Waals surface area contributed by atoms with Crippen molar-refractivity contribution >= 4 is 11.4 Å². The fraction of sp³-hybridized carbons (Fsp3) is 0.625. The van der Waals surface area contributed by atoms with E-state index in [1.54, 1.807) is 0 Å². The highest BCUT2D eigenvalue weighted by molar-refractivity contribution is 5.60. The van der Waals surface area contributed by atoms with Crippen LogP contribution in [0.1, 0.15) is 26.2 Å². The smallest absolute Gasteiger partial charge is 0.123 e. The number of nitrogens with zero attached hydrogens (tertiary/aromatic N) is 2. The third kappa shape index (κ3) is 3.18. The standard InChI is InChI=1S/C16H25N3O/c1-2-9-20-16-11-13(17)10-15(12-16)19-7-5-18(6-8-19)14-3-4-14/h10-12,14H,2-9,17H2,1H3. The molecule has 20 heavy (non-hydrogen) atoms. The van der Waals surface area contributed by atoms with Gasteiger partial charge in [-0.25, -0.2) is 0 Å². The molecule has 2 aliphatic rings. The van der Waals surface area contributed by atoms with Crippen LogP contribution in [0.2, 0.25) is 0 Å². The second-order valence-corrected chi connectivity index (χ2v) is 5.86. The summed E-state index contributed by atoms with van der Waals surface area (Å²) in [5, 5.41) is 0. The molecule has 1 aromatic carbocycles. The van der Waals surface area contributed by atoms with E-state index in [0.29, 0.717) is 0 Å². The van der Waals surface area contributed by atoms with Crippen molar-refractivity contribution in [3.8, 4) is 5.75 Å². The Kier molecular flexibility index (Phi) is 4.01. The van der Waals surface area contributed by atoms with E-state index in [-0.39, 0.29) is 0 Å². The van der Waals surface area contributed by atoms with Crippen molar-refractivity contribution in [1.29, 1.82) is 0 Å². The second-order valence-electron chi connectivity index (χ2n) is 5.86. The lowest BCUT2D eigenvalue weighted by Crippen LogP contribution is -2.47. The number of nitrogen functional groups attached to an aromatic ring is 1. The van der Waals surface area contributed by atoms with Gasteiger partial charge in [-0.3, -0.25) is 4.90 Å². The zero-order chi connectivity index (χ0) is 13.9. The molecule has 0 spiro atoms. The topological polar surface area (TPSA) is 41.7 Å². The van der Waals surface area contributed by atoms with Gasteiger partial charge in [0.2, 0.25) is 0 Å². The molecule has 4 nitrogen and oxygen atoms in total. The Morgan fingerprint density at radius 3 is 2.55 bits per heavy atom. The molecular formula is C16H25N3O. The van der Waals surface area contributed by atoms with E-state index in [9.17, 15) is 0 Å². The van der Waals surface area contributed by atoms with Crippen molar-refractivity contribution in [2.24, 2.45) is 0 Å². The summed E-state index contributed by atoms with van der Waals surface area (Å²) in [6, 6.07) is 6.98. The van der Waals surface area contributed by atoms with Gasteiger partial charge in [0.25, 0.3) is 0 Å². The predicted octanol–water partition coefficient (Wildman–Crippen LogP) is 2.34. The normalized spacial score (nSPS) is 20.1. The second kappa shape index (κ2) is 5.92. The van der Waals surface area contributed by atoms with Crippen molar-refractivity contribution in [2.45, 2.75) is 32.2 Å². The lowest BCUT2D eigenvalue weighted by atomic mass is 10.2. The Hall–Kier alpha value is -1.42. The van der Waals surface area contributed by atoms with Crippen molar-refractivity contribution in [3.63, 3.8) is 0 Å². The molecule has 0 unspecified atom stereocenters. The fourth-order valence-electron chi connectivity index (χ4n) is 2.88. The number of rotatable bonds is 5. The Balaban J connectivity index is 1.65. The summed E-state index contributed by atoms with van der Waals surface area (Å²) in [6.07, 6.45) is 3.81. The Morgan fingerprint density at radius 2 is 1.90 bits per heavy atom. The molecule has 2 fully saturated rings. The average Bonchev–Trinajstić information content (AvgIpc) is 3.29. The van der Waals surface area contributed by atoms with E-state index in [4.69, 9.17) is 10.5 Å². The summed E-state index contributed by atoms with van der Waals surface area (Å²) >= 11 is 0. The molecule has 1 aliphatic carbocycles. The highest BCUT2D eigenvalue weighted by Crippen LogP contribution is 2.30. The molecule has 0 atom stereocenters. The molecule has 1 aromatic rings. The molecule has 3 rings (SSSR count). The summed E-state index contributed by atoms with van der Waals surface area (Å²) < 4.78 is 5.72. The third-order valence-corrected chi connectivity index (χ3v) is 4.13. The molecule has 1 saturated heterocycles. The van der Waals surface area contributed by atoms with Crippen LogP contribution in [0.4, 0.5) is 11.4 Å². The Bertz CT molecular complexity index is 451. The maximum absolute atomic E-state index is 6.01. The number of ether oxygens (including phenoxy) is 1. The lowest BCUT2D eigenvalue weighted by Gasteiger charge is -2.36. The molecule has 0 amide bonds. The number of nitrogens with two attached hydrogens (primary N) is 1. The average molecular weight is 275 g/mol.